The molecule has 1 heterocycles. The molecule has 1 fully saturated rings. The van der Waals surface area contributed by atoms with E-state index in [1.54, 1.807) is 6.08 Å². The number of rotatable bonds is 6. The number of para-hydroxylation sites is 1. The smallest absolute Gasteiger partial charge is 0.294 e. The van der Waals surface area contributed by atoms with Crippen LogP contribution in [0.3, 0.4) is 0 Å². The van der Waals surface area contributed by atoms with Gasteiger partial charge in [-0.25, -0.2) is 0 Å². The standard InChI is InChI=1S/C23H24N2O4S/c1-14(2)29-19-8-6-5-7-17(19)12-20-22(27)25(23(28)30-20)13-21(26)24-18-11-15(3)9-10-16(18)4/h5-12,14H,13H2,1-4H3,(H,24,26)/b20-12-. The maximum atomic E-state index is 12.8. The van der Waals surface area contributed by atoms with E-state index in [1.807, 2.05) is 70.2 Å². The molecule has 0 saturated carbocycles. The van der Waals surface area contributed by atoms with Crippen molar-refractivity contribution in [3.8, 4) is 5.75 Å². The number of carbonyl (C=O) groups is 3. The number of nitrogens with one attached hydrogen (secondary N) is 1. The monoisotopic (exact) mass is 424 g/mol. The van der Waals surface area contributed by atoms with Crippen molar-refractivity contribution in [2.45, 2.75) is 33.8 Å². The van der Waals surface area contributed by atoms with E-state index in [9.17, 15) is 14.4 Å². The van der Waals surface area contributed by atoms with Gasteiger partial charge in [-0.05, 0) is 68.8 Å². The number of hydrogen-bond donors (Lipinski definition) is 1. The highest BCUT2D eigenvalue weighted by Crippen LogP contribution is 2.34. The van der Waals surface area contributed by atoms with Crippen molar-refractivity contribution in [2.75, 3.05) is 11.9 Å². The van der Waals surface area contributed by atoms with Crippen LogP contribution in [-0.4, -0.2) is 34.6 Å². The molecule has 1 aliphatic rings. The topological polar surface area (TPSA) is 75.7 Å². The van der Waals surface area contributed by atoms with Crippen molar-refractivity contribution < 1.29 is 19.1 Å². The molecule has 2 aromatic carbocycles. The number of thioether (sulfide) groups is 1. The molecule has 30 heavy (non-hydrogen) atoms. The first-order valence-electron chi connectivity index (χ1n) is 9.62. The maximum Gasteiger partial charge on any atom is 0.294 e. The van der Waals surface area contributed by atoms with Crippen molar-refractivity contribution in [2.24, 2.45) is 0 Å². The van der Waals surface area contributed by atoms with Gasteiger partial charge < -0.3 is 10.1 Å². The van der Waals surface area contributed by atoms with Crippen LogP contribution in [0.2, 0.25) is 0 Å². The molecule has 0 radical (unpaired) electrons. The number of benzene rings is 2. The molecule has 1 N–H and O–H groups in total. The maximum absolute atomic E-state index is 12.8. The summed E-state index contributed by atoms with van der Waals surface area (Å²) in [5.74, 6) is -0.275. The third kappa shape index (κ3) is 5.10. The summed E-state index contributed by atoms with van der Waals surface area (Å²) in [6.07, 6.45) is 1.61. The normalized spacial score (nSPS) is 15.2. The van der Waals surface area contributed by atoms with Crippen LogP contribution in [0.15, 0.2) is 47.4 Å². The van der Waals surface area contributed by atoms with Crippen LogP contribution in [0.4, 0.5) is 10.5 Å². The van der Waals surface area contributed by atoms with E-state index in [-0.39, 0.29) is 17.6 Å². The number of imide groups is 1. The van der Waals surface area contributed by atoms with E-state index in [2.05, 4.69) is 5.32 Å². The highest BCUT2D eigenvalue weighted by Gasteiger charge is 2.36. The fourth-order valence-corrected chi connectivity index (χ4v) is 3.77. The van der Waals surface area contributed by atoms with Crippen molar-refractivity contribution in [1.82, 2.24) is 4.90 Å². The van der Waals surface area contributed by atoms with Crippen LogP contribution in [0.5, 0.6) is 5.75 Å². The molecule has 6 nitrogen and oxygen atoms in total. The minimum Gasteiger partial charge on any atom is -0.490 e. The average Bonchev–Trinajstić information content (AvgIpc) is 2.93. The molecule has 0 aliphatic carbocycles. The number of nitrogens with zero attached hydrogens (tertiary/aromatic N) is 1. The summed E-state index contributed by atoms with van der Waals surface area (Å²) in [6, 6.07) is 13.0. The Bertz CT molecular complexity index is 1030. The summed E-state index contributed by atoms with van der Waals surface area (Å²) in [5.41, 5.74) is 3.29. The molecule has 0 atom stereocenters. The summed E-state index contributed by atoms with van der Waals surface area (Å²) >= 11 is 0.821. The number of carbonyl (C=O) groups excluding carboxylic acids is 3. The minimum atomic E-state index is -0.486. The molecule has 0 aromatic heterocycles. The van der Waals surface area contributed by atoms with Crippen molar-refractivity contribution >= 4 is 40.6 Å². The summed E-state index contributed by atoms with van der Waals surface area (Å²) in [5, 5.41) is 2.31. The van der Waals surface area contributed by atoms with E-state index in [1.165, 1.54) is 0 Å². The Kier molecular flexibility index (Phi) is 6.62. The van der Waals surface area contributed by atoms with Crippen LogP contribution in [0.1, 0.15) is 30.5 Å². The number of hydrogen-bond acceptors (Lipinski definition) is 5. The highest BCUT2D eigenvalue weighted by atomic mass is 32.2. The van der Waals surface area contributed by atoms with E-state index < -0.39 is 17.1 Å². The van der Waals surface area contributed by atoms with E-state index in [4.69, 9.17) is 4.74 Å². The summed E-state index contributed by atoms with van der Waals surface area (Å²) in [7, 11) is 0. The Hall–Kier alpha value is -3.06. The largest absolute Gasteiger partial charge is 0.490 e. The lowest BCUT2D eigenvalue weighted by Crippen LogP contribution is -2.36. The first-order valence-corrected chi connectivity index (χ1v) is 10.4. The van der Waals surface area contributed by atoms with Crippen molar-refractivity contribution in [3.63, 3.8) is 0 Å². The van der Waals surface area contributed by atoms with Gasteiger partial charge in [-0.2, -0.15) is 0 Å². The van der Waals surface area contributed by atoms with Gasteiger partial charge in [0.05, 0.1) is 11.0 Å². The second kappa shape index (κ2) is 9.17. The lowest BCUT2D eigenvalue weighted by molar-refractivity contribution is -0.127. The molecular weight excluding hydrogens is 400 g/mol. The number of amides is 3. The second-order valence-corrected chi connectivity index (χ2v) is 8.33. The number of ether oxygens (including phenoxy) is 1. The van der Waals surface area contributed by atoms with Crippen LogP contribution in [0.25, 0.3) is 6.08 Å². The molecule has 0 spiro atoms. The first-order chi connectivity index (χ1) is 14.2. The average molecular weight is 425 g/mol. The zero-order valence-electron chi connectivity index (χ0n) is 17.4. The van der Waals surface area contributed by atoms with Gasteiger partial charge in [0.15, 0.2) is 0 Å². The fourth-order valence-electron chi connectivity index (χ4n) is 2.94. The molecule has 7 heteroatoms. The lowest BCUT2D eigenvalue weighted by Gasteiger charge is -2.14. The fraction of sp³-hybridized carbons (Fsp3) is 0.261. The summed E-state index contributed by atoms with van der Waals surface area (Å²) < 4.78 is 5.77. The predicted molar refractivity (Wildman–Crippen MR) is 119 cm³/mol. The zero-order valence-corrected chi connectivity index (χ0v) is 18.2. The van der Waals surface area contributed by atoms with Crippen LogP contribution >= 0.6 is 11.8 Å². The Morgan fingerprint density at radius 2 is 1.90 bits per heavy atom. The Balaban J connectivity index is 1.74. The number of aryl methyl sites for hydroxylation is 2. The SMILES string of the molecule is Cc1ccc(C)c(NC(=O)CN2C(=O)S/C(=C\c3ccccc3OC(C)C)C2=O)c1. The molecule has 2 aromatic rings. The Labute approximate surface area is 180 Å². The van der Waals surface area contributed by atoms with Crippen LogP contribution in [0, 0.1) is 13.8 Å². The van der Waals surface area contributed by atoms with Gasteiger partial charge in [-0.3, -0.25) is 19.3 Å². The van der Waals surface area contributed by atoms with Crippen LogP contribution < -0.4 is 10.1 Å². The number of anilines is 1. The van der Waals surface area contributed by atoms with E-state index in [0.29, 0.717) is 17.0 Å². The van der Waals surface area contributed by atoms with E-state index >= 15 is 0 Å². The molecule has 3 amide bonds. The van der Waals surface area contributed by atoms with Gasteiger partial charge in [0.25, 0.3) is 11.1 Å². The Morgan fingerprint density at radius 1 is 1.17 bits per heavy atom. The zero-order chi connectivity index (χ0) is 21.8. The molecule has 1 saturated heterocycles. The van der Waals surface area contributed by atoms with Crippen molar-refractivity contribution in [1.29, 1.82) is 0 Å². The van der Waals surface area contributed by atoms with Crippen molar-refractivity contribution in [3.05, 3.63) is 64.1 Å². The van der Waals surface area contributed by atoms with Gasteiger partial charge in [0, 0.05) is 11.3 Å². The first kappa shape index (κ1) is 21.6. The van der Waals surface area contributed by atoms with Gasteiger partial charge >= 0.3 is 0 Å². The summed E-state index contributed by atoms with van der Waals surface area (Å²) in [4.78, 5) is 38.8. The summed E-state index contributed by atoms with van der Waals surface area (Å²) in [6.45, 7) is 7.31. The quantitative estimate of drug-likeness (QED) is 0.677. The Morgan fingerprint density at radius 3 is 2.63 bits per heavy atom. The third-order valence-corrected chi connectivity index (χ3v) is 5.32. The van der Waals surface area contributed by atoms with Crippen LogP contribution in [-0.2, 0) is 9.59 Å². The third-order valence-electron chi connectivity index (χ3n) is 4.41. The van der Waals surface area contributed by atoms with E-state index in [0.717, 1.165) is 27.8 Å². The lowest BCUT2D eigenvalue weighted by atomic mass is 10.1. The van der Waals surface area contributed by atoms with Gasteiger partial charge in [-0.15, -0.1) is 0 Å². The molecule has 0 unspecified atom stereocenters. The molecule has 156 valence electrons. The predicted octanol–water partition coefficient (Wildman–Crippen LogP) is 4.77. The minimum absolute atomic E-state index is 0.0246. The highest BCUT2D eigenvalue weighted by molar-refractivity contribution is 8.18. The van der Waals surface area contributed by atoms with Gasteiger partial charge in [-0.1, -0.05) is 30.3 Å². The van der Waals surface area contributed by atoms with Gasteiger partial charge in [0.2, 0.25) is 5.91 Å². The molecular formula is C23H24N2O4S. The molecule has 0 bridgehead atoms. The second-order valence-electron chi connectivity index (χ2n) is 7.34. The molecule has 3 rings (SSSR count). The van der Waals surface area contributed by atoms with Gasteiger partial charge in [0.1, 0.15) is 12.3 Å². The molecule has 1 aliphatic heterocycles.